The van der Waals surface area contributed by atoms with E-state index in [2.05, 4.69) is 26.0 Å². The molecule has 0 amide bonds. The molecule has 0 aliphatic heterocycles. The molecule has 0 saturated carbocycles. The molecular formula is C45H30O. The minimum atomic E-state index is -0.424. The normalized spacial score (nSPS) is 16.0. The van der Waals surface area contributed by atoms with Crippen LogP contribution in [0.3, 0.4) is 0 Å². The Morgan fingerprint density at radius 3 is 1.85 bits per heavy atom. The summed E-state index contributed by atoms with van der Waals surface area (Å²) in [5.41, 5.74) is 7.13. The van der Waals surface area contributed by atoms with Crippen molar-refractivity contribution in [2.45, 2.75) is 19.3 Å². The van der Waals surface area contributed by atoms with E-state index in [4.69, 9.17) is 9.90 Å². The van der Waals surface area contributed by atoms with E-state index < -0.39 is 24.2 Å². The van der Waals surface area contributed by atoms with Gasteiger partial charge in [0.2, 0.25) is 0 Å². The second-order valence-electron chi connectivity index (χ2n) is 12.7. The second kappa shape index (κ2) is 9.19. The summed E-state index contributed by atoms with van der Waals surface area (Å²) in [5.74, 6) is 0. The van der Waals surface area contributed by atoms with Crippen LogP contribution in [0.1, 0.15) is 35.9 Å². The van der Waals surface area contributed by atoms with Gasteiger partial charge in [-0.1, -0.05) is 135 Å². The fourth-order valence-electron chi connectivity index (χ4n) is 7.72. The van der Waals surface area contributed by atoms with Crippen molar-refractivity contribution in [3.63, 3.8) is 0 Å². The van der Waals surface area contributed by atoms with Crippen LogP contribution in [0.15, 0.2) is 150 Å². The SMILES string of the molecule is [2H]c1c([2H])c([2H])c2c(-c3ccc4oc5c6ccccc6ccc5c4c3)c3c([2H])c([2H])c([2H])c([2H])c3c(-c3ccc4c(c3)C(C)(C)c3ccccc3-4)c2c1[2H]. The largest absolute Gasteiger partial charge is 0.455 e. The Kier molecular flexibility index (Phi) is 3.79. The van der Waals surface area contributed by atoms with Gasteiger partial charge in [0.1, 0.15) is 11.2 Å². The highest BCUT2D eigenvalue weighted by Gasteiger charge is 2.35. The lowest BCUT2D eigenvalue weighted by atomic mass is 9.80. The van der Waals surface area contributed by atoms with Crippen LogP contribution >= 0.6 is 0 Å². The maximum Gasteiger partial charge on any atom is 0.143 e. The van der Waals surface area contributed by atoms with Gasteiger partial charge in [-0.2, -0.15) is 0 Å². The molecule has 0 N–H and O–H groups in total. The van der Waals surface area contributed by atoms with E-state index >= 15 is 0 Å². The number of hydrogen-bond acceptors (Lipinski definition) is 1. The molecule has 0 fully saturated rings. The van der Waals surface area contributed by atoms with E-state index in [9.17, 15) is 5.48 Å². The molecule has 8 aromatic carbocycles. The van der Waals surface area contributed by atoms with Crippen LogP contribution in [0.2, 0.25) is 0 Å². The van der Waals surface area contributed by atoms with Gasteiger partial charge in [0.25, 0.3) is 0 Å². The van der Waals surface area contributed by atoms with Gasteiger partial charge in [-0.3, -0.25) is 0 Å². The Balaban J connectivity index is 1.39. The van der Waals surface area contributed by atoms with Gasteiger partial charge in [-0.15, -0.1) is 0 Å². The molecule has 10 rings (SSSR count). The number of hydrogen-bond donors (Lipinski definition) is 0. The molecule has 1 aromatic heterocycles. The van der Waals surface area contributed by atoms with Crippen LogP contribution in [0.25, 0.3) is 87.6 Å². The Labute approximate surface area is 278 Å². The maximum absolute atomic E-state index is 9.40. The Hall–Kier alpha value is -5.66. The summed E-state index contributed by atoms with van der Waals surface area (Å²) in [6.45, 7) is 4.30. The van der Waals surface area contributed by atoms with Crippen molar-refractivity contribution in [2.24, 2.45) is 0 Å². The first-order chi connectivity index (χ1) is 25.9. The highest BCUT2D eigenvalue weighted by atomic mass is 16.3. The van der Waals surface area contributed by atoms with Crippen molar-refractivity contribution in [1.82, 2.24) is 0 Å². The van der Waals surface area contributed by atoms with Gasteiger partial charge in [0.05, 0.1) is 11.0 Å². The summed E-state index contributed by atoms with van der Waals surface area (Å²) in [6, 6.07) is 28.9. The summed E-state index contributed by atoms with van der Waals surface area (Å²) in [7, 11) is 0. The van der Waals surface area contributed by atoms with Crippen molar-refractivity contribution in [3.8, 4) is 33.4 Å². The molecule has 9 aromatic rings. The first kappa shape index (κ1) is 19.0. The molecule has 1 aliphatic rings. The average molecular weight is 595 g/mol. The van der Waals surface area contributed by atoms with Gasteiger partial charge in [0.15, 0.2) is 0 Å². The zero-order chi connectivity index (χ0) is 37.5. The third-order valence-corrected chi connectivity index (χ3v) is 9.90. The van der Waals surface area contributed by atoms with Crippen molar-refractivity contribution in [3.05, 3.63) is 157 Å². The van der Waals surface area contributed by atoms with Crippen LogP contribution in [-0.4, -0.2) is 0 Å². The minimum Gasteiger partial charge on any atom is -0.455 e. The maximum atomic E-state index is 9.40. The van der Waals surface area contributed by atoms with Gasteiger partial charge < -0.3 is 4.42 Å². The van der Waals surface area contributed by atoms with E-state index in [1.54, 1.807) is 6.07 Å². The predicted octanol–water partition coefficient (Wildman–Crippen LogP) is 12.7. The summed E-state index contributed by atoms with van der Waals surface area (Å²) in [4.78, 5) is 0. The molecule has 0 spiro atoms. The Morgan fingerprint density at radius 2 is 1.11 bits per heavy atom. The first-order valence-electron chi connectivity index (χ1n) is 19.4. The lowest BCUT2D eigenvalue weighted by Crippen LogP contribution is -2.14. The minimum absolute atomic E-state index is 0.189. The molecule has 0 atom stereocenters. The van der Waals surface area contributed by atoms with Crippen LogP contribution in [0.5, 0.6) is 0 Å². The van der Waals surface area contributed by atoms with Crippen LogP contribution in [0.4, 0.5) is 0 Å². The summed E-state index contributed by atoms with van der Waals surface area (Å²) in [5, 5.41) is 4.40. The van der Waals surface area contributed by atoms with E-state index in [1.807, 2.05) is 78.9 Å². The zero-order valence-electron chi connectivity index (χ0n) is 33.1. The number of furan rings is 1. The smallest absolute Gasteiger partial charge is 0.143 e. The zero-order valence-corrected chi connectivity index (χ0v) is 25.1. The summed E-state index contributed by atoms with van der Waals surface area (Å²) in [6.07, 6.45) is 0. The van der Waals surface area contributed by atoms with Crippen molar-refractivity contribution >= 4 is 54.3 Å². The molecule has 1 heterocycles. The lowest BCUT2D eigenvalue weighted by Gasteiger charge is -2.23. The molecule has 216 valence electrons. The molecule has 0 radical (unpaired) electrons. The molecule has 0 bridgehead atoms. The van der Waals surface area contributed by atoms with Gasteiger partial charge >= 0.3 is 0 Å². The van der Waals surface area contributed by atoms with Crippen LogP contribution in [0, 0.1) is 0 Å². The topological polar surface area (TPSA) is 13.1 Å². The third kappa shape index (κ3) is 3.40. The Morgan fingerprint density at radius 1 is 0.500 bits per heavy atom. The number of rotatable bonds is 2. The van der Waals surface area contributed by atoms with Crippen LogP contribution in [-0.2, 0) is 5.41 Å². The highest BCUT2D eigenvalue weighted by Crippen LogP contribution is 2.51. The fourth-order valence-corrected chi connectivity index (χ4v) is 7.72. The molecule has 1 aliphatic carbocycles. The lowest BCUT2D eigenvalue weighted by molar-refractivity contribution is 0.660. The van der Waals surface area contributed by atoms with Crippen LogP contribution < -0.4 is 0 Å². The summed E-state index contributed by atoms with van der Waals surface area (Å²) >= 11 is 0. The standard InChI is InChI=1S/C45H30O/c1-45(2)39-18-10-9-13-31(39)32-22-20-29(26-40(32)45)43-35-16-7-5-14-33(35)42(34-15-6-8-17-36(34)43)28-21-24-41-38(25-28)37-23-19-27-11-3-4-12-30(27)44(37)46-41/h3-26H,1-2H3/i5D,6D,7D,8D,14D,15D,16D,17D. The van der Waals surface area contributed by atoms with E-state index in [-0.39, 0.29) is 51.1 Å². The fraction of sp³-hybridized carbons (Fsp3) is 0.0667. The Bertz CT molecular complexity index is 3090. The van der Waals surface area contributed by atoms with Crippen molar-refractivity contribution < 1.29 is 15.4 Å². The predicted molar refractivity (Wildman–Crippen MR) is 195 cm³/mol. The summed E-state index contributed by atoms with van der Waals surface area (Å²) < 4.78 is 79.3. The molecular weight excluding hydrogens is 556 g/mol. The number of fused-ring (bicyclic) bond motifs is 10. The van der Waals surface area contributed by atoms with E-state index in [0.717, 1.165) is 43.8 Å². The third-order valence-electron chi connectivity index (χ3n) is 9.90. The van der Waals surface area contributed by atoms with Gasteiger partial charge in [-0.25, -0.2) is 0 Å². The van der Waals surface area contributed by atoms with E-state index in [1.165, 1.54) is 5.56 Å². The van der Waals surface area contributed by atoms with Crippen molar-refractivity contribution in [2.75, 3.05) is 0 Å². The monoisotopic (exact) mass is 594 g/mol. The second-order valence-corrected chi connectivity index (χ2v) is 12.7. The molecule has 0 saturated heterocycles. The quantitative estimate of drug-likeness (QED) is 0.181. The average Bonchev–Trinajstić information content (AvgIpc) is 3.68. The molecule has 1 heteroatoms. The van der Waals surface area contributed by atoms with Gasteiger partial charge in [-0.05, 0) is 95.7 Å². The molecule has 0 unspecified atom stereocenters. The van der Waals surface area contributed by atoms with Gasteiger partial charge in [0, 0.05) is 21.6 Å². The molecule has 1 nitrogen and oxygen atoms in total. The van der Waals surface area contributed by atoms with Crippen molar-refractivity contribution in [1.29, 1.82) is 0 Å². The van der Waals surface area contributed by atoms with E-state index in [0.29, 0.717) is 27.8 Å². The number of benzene rings is 8. The molecule has 46 heavy (non-hydrogen) atoms. The first-order valence-corrected chi connectivity index (χ1v) is 15.4. The highest BCUT2D eigenvalue weighted by molar-refractivity contribution is 6.23.